The van der Waals surface area contributed by atoms with Gasteiger partial charge in [-0.05, 0) is 51.7 Å². The number of aliphatic imine (C=N–C) groups is 1. The molecule has 19 heavy (non-hydrogen) atoms. The van der Waals surface area contributed by atoms with Crippen LogP contribution in [0.2, 0.25) is 0 Å². The second kappa shape index (κ2) is 10.5. The molecule has 0 unspecified atom stereocenters. The van der Waals surface area contributed by atoms with Crippen molar-refractivity contribution < 1.29 is 0 Å². The highest BCUT2D eigenvalue weighted by molar-refractivity contribution is 14.0. The molecule has 0 aromatic heterocycles. The summed E-state index contributed by atoms with van der Waals surface area (Å²) in [5.41, 5.74) is 6.84. The van der Waals surface area contributed by atoms with E-state index in [1.54, 1.807) is 0 Å². The van der Waals surface area contributed by atoms with Crippen molar-refractivity contribution in [2.75, 3.05) is 32.7 Å². The quantitative estimate of drug-likeness (QED) is 0.322. The Morgan fingerprint density at radius 3 is 2.58 bits per heavy atom. The first-order valence-corrected chi connectivity index (χ1v) is 7.02. The summed E-state index contributed by atoms with van der Waals surface area (Å²) in [6, 6.07) is 0. The Hall–Kier alpha value is -0.300. The molecule has 1 heterocycles. The maximum absolute atomic E-state index is 5.80. The summed E-state index contributed by atoms with van der Waals surface area (Å²) in [6.45, 7) is 13.3. The molecule has 0 radical (unpaired) electrons. The van der Waals surface area contributed by atoms with Gasteiger partial charge in [-0.15, -0.1) is 24.0 Å². The minimum Gasteiger partial charge on any atom is -0.370 e. The highest BCUT2D eigenvalue weighted by Crippen LogP contribution is 2.16. The van der Waals surface area contributed by atoms with Crippen LogP contribution >= 0.6 is 24.0 Å². The molecule has 4 nitrogen and oxygen atoms in total. The third-order valence-electron chi connectivity index (χ3n) is 3.34. The van der Waals surface area contributed by atoms with Gasteiger partial charge in [-0.25, -0.2) is 4.99 Å². The average Bonchev–Trinajstić information content (AvgIpc) is 2.36. The lowest BCUT2D eigenvalue weighted by Crippen LogP contribution is -2.41. The Labute approximate surface area is 134 Å². The number of hydrogen-bond acceptors (Lipinski definition) is 2. The van der Waals surface area contributed by atoms with Gasteiger partial charge in [0, 0.05) is 6.54 Å². The van der Waals surface area contributed by atoms with E-state index >= 15 is 0 Å². The van der Waals surface area contributed by atoms with Gasteiger partial charge in [0.05, 0.1) is 6.54 Å². The first-order chi connectivity index (χ1) is 8.61. The largest absolute Gasteiger partial charge is 0.370 e. The zero-order valence-corrected chi connectivity index (χ0v) is 14.7. The van der Waals surface area contributed by atoms with Crippen LogP contribution in [0.4, 0.5) is 0 Å². The van der Waals surface area contributed by atoms with Crippen molar-refractivity contribution in [3.63, 3.8) is 0 Å². The van der Waals surface area contributed by atoms with Gasteiger partial charge in [0.25, 0.3) is 0 Å². The minimum absolute atomic E-state index is 0. The molecular formula is C14H29IN4. The summed E-state index contributed by atoms with van der Waals surface area (Å²) in [7, 11) is 0. The molecule has 0 atom stereocenters. The van der Waals surface area contributed by atoms with E-state index in [2.05, 4.69) is 28.7 Å². The molecule has 0 aromatic rings. The fourth-order valence-corrected chi connectivity index (χ4v) is 2.26. The van der Waals surface area contributed by atoms with Crippen LogP contribution in [0.1, 0.15) is 33.1 Å². The van der Waals surface area contributed by atoms with E-state index in [1.807, 2.05) is 6.92 Å². The first-order valence-electron chi connectivity index (χ1n) is 7.02. The van der Waals surface area contributed by atoms with Crippen molar-refractivity contribution in [3.8, 4) is 0 Å². The molecule has 0 amide bonds. The average molecular weight is 380 g/mol. The maximum atomic E-state index is 5.80. The standard InChI is InChI=1S/C14H28N4.HI/c1-4-7-18-8-5-13(6-9-18)11-17-14(15)16-10-12(2)3;/h13H,2,4-11H2,1,3H3,(H3,15,16,17);1H. The minimum atomic E-state index is 0. The monoisotopic (exact) mass is 380 g/mol. The van der Waals surface area contributed by atoms with Crippen LogP contribution in [0.15, 0.2) is 17.1 Å². The van der Waals surface area contributed by atoms with Crippen molar-refractivity contribution in [2.24, 2.45) is 16.6 Å². The molecule has 1 rings (SSSR count). The Kier molecular flexibility index (Phi) is 10.3. The molecule has 0 spiro atoms. The van der Waals surface area contributed by atoms with E-state index in [9.17, 15) is 0 Å². The van der Waals surface area contributed by atoms with Crippen LogP contribution in [-0.2, 0) is 0 Å². The fraction of sp³-hybridized carbons (Fsp3) is 0.786. The van der Waals surface area contributed by atoms with Crippen LogP contribution in [0.25, 0.3) is 0 Å². The van der Waals surface area contributed by atoms with Crippen LogP contribution < -0.4 is 11.1 Å². The van der Waals surface area contributed by atoms with Crippen molar-refractivity contribution in [1.82, 2.24) is 10.2 Å². The van der Waals surface area contributed by atoms with Crippen molar-refractivity contribution in [2.45, 2.75) is 33.1 Å². The lowest BCUT2D eigenvalue weighted by Gasteiger charge is -2.31. The van der Waals surface area contributed by atoms with Gasteiger partial charge in [-0.2, -0.15) is 0 Å². The lowest BCUT2D eigenvalue weighted by atomic mass is 9.97. The van der Waals surface area contributed by atoms with Gasteiger partial charge in [-0.3, -0.25) is 0 Å². The Morgan fingerprint density at radius 1 is 1.42 bits per heavy atom. The summed E-state index contributed by atoms with van der Waals surface area (Å²) in [5.74, 6) is 1.28. The number of nitrogens with zero attached hydrogens (tertiary/aromatic N) is 2. The van der Waals surface area contributed by atoms with Gasteiger partial charge in [0.15, 0.2) is 5.96 Å². The van der Waals surface area contributed by atoms with Crippen LogP contribution in [0, 0.1) is 5.92 Å². The van der Waals surface area contributed by atoms with Gasteiger partial charge in [0.1, 0.15) is 0 Å². The predicted octanol–water partition coefficient (Wildman–Crippen LogP) is 2.21. The summed E-state index contributed by atoms with van der Waals surface area (Å²) >= 11 is 0. The fourth-order valence-electron chi connectivity index (χ4n) is 2.26. The molecule has 1 aliphatic heterocycles. The smallest absolute Gasteiger partial charge is 0.188 e. The van der Waals surface area contributed by atoms with E-state index < -0.39 is 0 Å². The Morgan fingerprint density at radius 2 is 2.05 bits per heavy atom. The van der Waals surface area contributed by atoms with Crippen molar-refractivity contribution in [3.05, 3.63) is 12.2 Å². The third kappa shape index (κ3) is 8.47. The van der Waals surface area contributed by atoms with Gasteiger partial charge in [0.2, 0.25) is 0 Å². The lowest BCUT2D eigenvalue weighted by molar-refractivity contribution is 0.185. The molecule has 1 aliphatic rings. The summed E-state index contributed by atoms with van der Waals surface area (Å²) in [5, 5.41) is 3.22. The molecule has 0 saturated carbocycles. The van der Waals surface area contributed by atoms with E-state index in [1.165, 1.54) is 38.9 Å². The van der Waals surface area contributed by atoms with Crippen LogP contribution in [0.5, 0.6) is 0 Å². The second-order valence-electron chi connectivity index (χ2n) is 5.32. The Bertz CT molecular complexity index is 283. The molecule has 3 N–H and O–H groups in total. The molecule has 1 saturated heterocycles. The molecule has 0 aliphatic carbocycles. The predicted molar refractivity (Wildman–Crippen MR) is 94.2 cm³/mol. The maximum Gasteiger partial charge on any atom is 0.188 e. The normalized spacial score (nSPS) is 17.9. The number of hydrogen-bond donors (Lipinski definition) is 2. The third-order valence-corrected chi connectivity index (χ3v) is 3.34. The van der Waals surface area contributed by atoms with Crippen molar-refractivity contribution in [1.29, 1.82) is 0 Å². The number of likely N-dealkylation sites (tertiary alicyclic amines) is 1. The van der Waals surface area contributed by atoms with E-state index in [-0.39, 0.29) is 24.0 Å². The summed E-state index contributed by atoms with van der Waals surface area (Å²) in [4.78, 5) is 6.78. The van der Waals surface area contributed by atoms with Crippen molar-refractivity contribution >= 4 is 29.9 Å². The molecule has 0 aromatic carbocycles. The first kappa shape index (κ1) is 18.7. The topological polar surface area (TPSA) is 53.6 Å². The van der Waals surface area contributed by atoms with Gasteiger partial charge < -0.3 is 16.0 Å². The van der Waals surface area contributed by atoms with Gasteiger partial charge >= 0.3 is 0 Å². The van der Waals surface area contributed by atoms with Crippen LogP contribution in [-0.4, -0.2) is 43.6 Å². The highest BCUT2D eigenvalue weighted by atomic mass is 127. The second-order valence-corrected chi connectivity index (χ2v) is 5.32. The molecule has 5 heteroatoms. The van der Waals surface area contributed by atoms with Crippen LogP contribution in [0.3, 0.4) is 0 Å². The molecule has 0 bridgehead atoms. The molecule has 1 fully saturated rings. The van der Waals surface area contributed by atoms with E-state index in [0.717, 1.165) is 18.0 Å². The number of guanidine groups is 1. The number of halogens is 1. The zero-order chi connectivity index (χ0) is 13.4. The van der Waals surface area contributed by atoms with Gasteiger partial charge in [-0.1, -0.05) is 19.1 Å². The SMILES string of the molecule is C=C(C)CN=C(N)NCC1CCN(CCC)CC1.I. The number of nitrogens with two attached hydrogens (primary N) is 1. The number of rotatable bonds is 6. The number of nitrogens with one attached hydrogen (secondary N) is 1. The summed E-state index contributed by atoms with van der Waals surface area (Å²) in [6.07, 6.45) is 3.78. The highest BCUT2D eigenvalue weighted by Gasteiger charge is 2.18. The van der Waals surface area contributed by atoms with E-state index in [0.29, 0.717) is 12.5 Å². The Balaban J connectivity index is 0.00000324. The number of piperidine rings is 1. The molecular weight excluding hydrogens is 351 g/mol. The zero-order valence-electron chi connectivity index (χ0n) is 12.3. The molecule has 112 valence electrons. The van der Waals surface area contributed by atoms with E-state index in [4.69, 9.17) is 5.73 Å². The summed E-state index contributed by atoms with van der Waals surface area (Å²) < 4.78 is 0.